The number of fused-ring (bicyclic) bond motifs is 1. The molecule has 0 radical (unpaired) electrons. The first-order valence-corrected chi connectivity index (χ1v) is 4.08. The molecule has 2 rings (SSSR count). The molecule has 1 aromatic rings. The summed E-state index contributed by atoms with van der Waals surface area (Å²) in [5.74, 6) is 0.681. The van der Waals surface area contributed by atoms with E-state index < -0.39 is 0 Å². The quantitative estimate of drug-likeness (QED) is 0.665. The number of pyridine rings is 1. The van der Waals surface area contributed by atoms with Gasteiger partial charge in [0.15, 0.2) is 5.78 Å². The number of ketones is 1. The maximum Gasteiger partial charge on any atom is 0.169 e. The summed E-state index contributed by atoms with van der Waals surface area (Å²) < 4.78 is 0. The van der Waals surface area contributed by atoms with Gasteiger partial charge < -0.3 is 5.32 Å². The van der Waals surface area contributed by atoms with Gasteiger partial charge in [-0.15, -0.1) is 0 Å². The van der Waals surface area contributed by atoms with Crippen LogP contribution in [-0.2, 0) is 0 Å². The molecule has 0 spiro atoms. The van der Waals surface area contributed by atoms with Gasteiger partial charge in [0.05, 0.1) is 10.6 Å². The molecule has 4 heteroatoms. The molecule has 0 unspecified atom stereocenters. The molecule has 0 saturated heterocycles. The van der Waals surface area contributed by atoms with E-state index in [9.17, 15) is 4.79 Å². The van der Waals surface area contributed by atoms with Gasteiger partial charge in [-0.3, -0.25) is 4.79 Å². The van der Waals surface area contributed by atoms with Crippen molar-refractivity contribution in [2.24, 2.45) is 0 Å². The zero-order chi connectivity index (χ0) is 8.55. The zero-order valence-corrected chi connectivity index (χ0v) is 7.06. The highest BCUT2D eigenvalue weighted by atomic mass is 35.5. The van der Waals surface area contributed by atoms with Crippen LogP contribution in [-0.4, -0.2) is 17.3 Å². The van der Waals surface area contributed by atoms with Crippen molar-refractivity contribution in [1.82, 2.24) is 4.98 Å². The lowest BCUT2D eigenvalue weighted by atomic mass is 10.1. The summed E-state index contributed by atoms with van der Waals surface area (Å²) in [7, 11) is 0. The molecule has 1 aliphatic heterocycles. The number of rotatable bonds is 0. The molecule has 3 nitrogen and oxygen atoms in total. The molecule has 1 N–H and O–H groups in total. The van der Waals surface area contributed by atoms with Crippen LogP contribution in [0.25, 0.3) is 0 Å². The van der Waals surface area contributed by atoms with Crippen molar-refractivity contribution < 1.29 is 4.79 Å². The van der Waals surface area contributed by atoms with Crippen LogP contribution in [0.3, 0.4) is 0 Å². The number of hydrogen-bond acceptors (Lipinski definition) is 3. The summed E-state index contributed by atoms with van der Waals surface area (Å²) in [6, 6.07) is 1.63. The summed E-state index contributed by atoms with van der Waals surface area (Å²) in [6.45, 7) is 0.652. The highest BCUT2D eigenvalue weighted by Gasteiger charge is 2.20. The molecule has 0 amide bonds. The second kappa shape index (κ2) is 2.75. The van der Waals surface area contributed by atoms with Crippen LogP contribution in [0.2, 0.25) is 5.02 Å². The number of halogens is 1. The number of nitrogens with one attached hydrogen (secondary N) is 1. The van der Waals surface area contributed by atoms with Crippen molar-refractivity contribution in [3.63, 3.8) is 0 Å². The van der Waals surface area contributed by atoms with E-state index in [1.807, 2.05) is 0 Å². The molecule has 62 valence electrons. The minimum atomic E-state index is 0.0712. The topological polar surface area (TPSA) is 42.0 Å². The Bertz CT molecular complexity index is 338. The van der Waals surface area contributed by atoms with Crippen molar-refractivity contribution in [2.45, 2.75) is 6.42 Å². The Hall–Kier alpha value is -1.09. The molecule has 0 aromatic carbocycles. The average molecular weight is 183 g/mol. The Morgan fingerprint density at radius 3 is 3.17 bits per heavy atom. The van der Waals surface area contributed by atoms with Gasteiger partial charge in [0, 0.05) is 19.2 Å². The van der Waals surface area contributed by atoms with E-state index in [1.165, 1.54) is 0 Å². The van der Waals surface area contributed by atoms with Gasteiger partial charge >= 0.3 is 0 Å². The number of aromatic nitrogens is 1. The minimum Gasteiger partial charge on any atom is -0.369 e. The first-order valence-electron chi connectivity index (χ1n) is 3.70. The number of carbonyl (C=O) groups is 1. The largest absolute Gasteiger partial charge is 0.369 e. The van der Waals surface area contributed by atoms with Crippen LogP contribution in [0.15, 0.2) is 12.3 Å². The van der Waals surface area contributed by atoms with Crippen LogP contribution in [0.5, 0.6) is 0 Å². The van der Waals surface area contributed by atoms with Crippen LogP contribution >= 0.6 is 11.6 Å². The third-order valence-corrected chi connectivity index (χ3v) is 2.14. The third kappa shape index (κ3) is 1.06. The summed E-state index contributed by atoms with van der Waals surface area (Å²) in [4.78, 5) is 15.4. The molecule has 1 aromatic heterocycles. The Balaban J connectivity index is 2.60. The van der Waals surface area contributed by atoms with Crippen LogP contribution in [0.4, 0.5) is 5.82 Å². The average Bonchev–Trinajstić information content (AvgIpc) is 2.04. The van der Waals surface area contributed by atoms with Crippen molar-refractivity contribution in [3.8, 4) is 0 Å². The van der Waals surface area contributed by atoms with Crippen molar-refractivity contribution in [2.75, 3.05) is 11.9 Å². The Kier molecular flexibility index (Phi) is 1.73. The van der Waals surface area contributed by atoms with E-state index >= 15 is 0 Å². The normalized spacial score (nSPS) is 15.2. The van der Waals surface area contributed by atoms with Crippen LogP contribution < -0.4 is 5.32 Å². The van der Waals surface area contributed by atoms with E-state index in [1.54, 1.807) is 12.3 Å². The number of anilines is 1. The number of nitrogens with zero attached hydrogens (tertiary/aromatic N) is 1. The molecule has 12 heavy (non-hydrogen) atoms. The lowest BCUT2D eigenvalue weighted by Crippen LogP contribution is -2.19. The number of Topliss-reactive ketones (excluding diaryl/α,β-unsaturated/α-hetero) is 1. The van der Waals surface area contributed by atoms with Crippen LogP contribution in [0.1, 0.15) is 16.8 Å². The fourth-order valence-electron chi connectivity index (χ4n) is 1.26. The smallest absolute Gasteiger partial charge is 0.169 e. The van der Waals surface area contributed by atoms with Crippen molar-refractivity contribution in [3.05, 3.63) is 22.8 Å². The first kappa shape index (κ1) is 7.55. The lowest BCUT2D eigenvalue weighted by molar-refractivity contribution is 0.0983. The van der Waals surface area contributed by atoms with E-state index in [2.05, 4.69) is 10.3 Å². The maximum absolute atomic E-state index is 11.3. The summed E-state index contributed by atoms with van der Waals surface area (Å²) in [5, 5.41) is 3.50. The summed E-state index contributed by atoms with van der Waals surface area (Å²) >= 11 is 5.84. The molecule has 0 saturated carbocycles. The van der Waals surface area contributed by atoms with E-state index in [0.29, 0.717) is 29.4 Å². The van der Waals surface area contributed by atoms with Crippen molar-refractivity contribution in [1.29, 1.82) is 0 Å². The second-order valence-corrected chi connectivity index (χ2v) is 3.02. The molecule has 2 heterocycles. The van der Waals surface area contributed by atoms with Gasteiger partial charge in [0.25, 0.3) is 0 Å². The van der Waals surface area contributed by atoms with Gasteiger partial charge in [-0.2, -0.15) is 0 Å². The Morgan fingerprint density at radius 1 is 1.58 bits per heavy atom. The fourth-order valence-corrected chi connectivity index (χ4v) is 1.51. The minimum absolute atomic E-state index is 0.0712. The van der Waals surface area contributed by atoms with Gasteiger partial charge in [-0.05, 0) is 6.07 Å². The van der Waals surface area contributed by atoms with E-state index in [4.69, 9.17) is 11.6 Å². The van der Waals surface area contributed by atoms with Crippen LogP contribution in [0, 0.1) is 0 Å². The van der Waals surface area contributed by atoms with Gasteiger partial charge in [-0.1, -0.05) is 11.6 Å². The molecule has 1 aliphatic rings. The number of hydrogen-bond donors (Lipinski definition) is 1. The molecule has 0 aliphatic carbocycles. The highest BCUT2D eigenvalue weighted by molar-refractivity contribution is 6.34. The monoisotopic (exact) mass is 182 g/mol. The van der Waals surface area contributed by atoms with Gasteiger partial charge in [-0.25, -0.2) is 4.98 Å². The predicted molar refractivity (Wildman–Crippen MR) is 46.7 cm³/mol. The zero-order valence-electron chi connectivity index (χ0n) is 6.30. The number of carbonyl (C=O) groups excluding carboxylic acids is 1. The predicted octanol–water partition coefficient (Wildman–Crippen LogP) is 1.73. The molecule has 0 bridgehead atoms. The van der Waals surface area contributed by atoms with Gasteiger partial charge in [0.2, 0.25) is 0 Å². The lowest BCUT2D eigenvalue weighted by Gasteiger charge is -2.15. The SMILES string of the molecule is O=C1CCNc2nccc(Cl)c21. The maximum atomic E-state index is 11.3. The van der Waals surface area contributed by atoms with Crippen molar-refractivity contribution >= 4 is 23.2 Å². The second-order valence-electron chi connectivity index (χ2n) is 2.62. The van der Waals surface area contributed by atoms with Gasteiger partial charge in [0.1, 0.15) is 5.82 Å². The third-order valence-electron chi connectivity index (χ3n) is 1.82. The first-order chi connectivity index (χ1) is 5.79. The van der Waals surface area contributed by atoms with E-state index in [0.717, 1.165) is 0 Å². The Labute approximate surface area is 74.8 Å². The summed E-state index contributed by atoms with van der Waals surface area (Å²) in [6.07, 6.45) is 2.09. The highest BCUT2D eigenvalue weighted by Crippen LogP contribution is 2.25. The molecular formula is C8H7ClN2O. The standard InChI is InChI=1S/C8H7ClN2O/c9-5-1-3-10-8-7(5)6(12)2-4-11-8/h1,3H,2,4H2,(H,10,11). The molecule has 0 atom stereocenters. The Morgan fingerprint density at radius 2 is 2.42 bits per heavy atom. The van der Waals surface area contributed by atoms with E-state index in [-0.39, 0.29) is 5.78 Å². The summed E-state index contributed by atoms with van der Waals surface area (Å²) in [5.41, 5.74) is 0.533. The molecular weight excluding hydrogens is 176 g/mol. The fraction of sp³-hybridized carbons (Fsp3) is 0.250. The molecule has 0 fully saturated rings.